The van der Waals surface area contributed by atoms with Gasteiger partial charge in [0.1, 0.15) is 12.4 Å². The minimum absolute atomic E-state index is 0.0198. The number of halogens is 1. The first kappa shape index (κ1) is 27.6. The lowest BCUT2D eigenvalue weighted by Crippen LogP contribution is -2.28. The van der Waals surface area contributed by atoms with E-state index in [0.717, 1.165) is 23.7 Å². The van der Waals surface area contributed by atoms with Crippen molar-refractivity contribution < 1.29 is 14.3 Å². The predicted octanol–water partition coefficient (Wildman–Crippen LogP) is 6.04. The van der Waals surface area contributed by atoms with Gasteiger partial charge in [-0.25, -0.2) is 5.84 Å². The van der Waals surface area contributed by atoms with Crippen LogP contribution in [0.25, 0.3) is 22.3 Å². The van der Waals surface area contributed by atoms with E-state index >= 15 is 0 Å². The lowest BCUT2D eigenvalue weighted by atomic mass is 10.1. The molecule has 0 aliphatic rings. The quantitative estimate of drug-likeness (QED) is 0.0902. The number of aromatic hydroxyl groups is 1. The van der Waals surface area contributed by atoms with E-state index in [4.69, 9.17) is 20.7 Å². The third kappa shape index (κ3) is 8.31. The summed E-state index contributed by atoms with van der Waals surface area (Å²) in [6.07, 6.45) is 11.4. The first-order chi connectivity index (χ1) is 17.5. The van der Waals surface area contributed by atoms with Crippen molar-refractivity contribution >= 4 is 26.9 Å². The van der Waals surface area contributed by atoms with Crippen LogP contribution >= 0.6 is 15.9 Å². The highest BCUT2D eigenvalue weighted by atomic mass is 79.9. The third-order valence-electron chi connectivity index (χ3n) is 5.90. The fraction of sp³-hybridized carbons (Fsp3) is 0.393. The van der Waals surface area contributed by atoms with Crippen LogP contribution in [0.5, 0.6) is 11.5 Å². The first-order valence-corrected chi connectivity index (χ1v) is 13.6. The smallest absolute Gasteiger partial charge is 0.205 e. The summed E-state index contributed by atoms with van der Waals surface area (Å²) >= 11 is 3.47. The number of hydrogen-bond donors (Lipinski definition) is 3. The van der Waals surface area contributed by atoms with Crippen molar-refractivity contribution in [3.63, 3.8) is 0 Å². The normalized spacial score (nSPS) is 11.7. The van der Waals surface area contributed by atoms with Gasteiger partial charge in [-0.15, -0.1) is 0 Å². The number of alkyl halides is 1. The number of phenols is 1. The SMILES string of the molecule is N/C(=C\N(N)CCCCCCCCCCBr)COc1c(O)ccc2c(=O)cc(-c3ccccc3)oc12. The summed E-state index contributed by atoms with van der Waals surface area (Å²) in [6.45, 7) is 0.674. The second-order valence-corrected chi connectivity index (χ2v) is 9.67. The fourth-order valence-electron chi connectivity index (χ4n) is 3.99. The Balaban J connectivity index is 1.56. The summed E-state index contributed by atoms with van der Waals surface area (Å²) in [7, 11) is 0. The Morgan fingerprint density at radius 2 is 1.67 bits per heavy atom. The molecule has 0 atom stereocenters. The van der Waals surface area contributed by atoms with Gasteiger partial charge < -0.3 is 25.0 Å². The molecule has 36 heavy (non-hydrogen) atoms. The second kappa shape index (κ2) is 14.6. The van der Waals surface area contributed by atoms with E-state index in [9.17, 15) is 9.90 Å². The van der Waals surface area contributed by atoms with Gasteiger partial charge in [-0.3, -0.25) is 4.79 Å². The molecule has 0 bridgehead atoms. The van der Waals surface area contributed by atoms with Gasteiger partial charge in [0.15, 0.2) is 16.8 Å². The van der Waals surface area contributed by atoms with E-state index in [-0.39, 0.29) is 29.1 Å². The van der Waals surface area contributed by atoms with Gasteiger partial charge in [-0.1, -0.05) is 84.8 Å². The van der Waals surface area contributed by atoms with E-state index in [2.05, 4.69) is 15.9 Å². The Morgan fingerprint density at radius 1 is 1.00 bits per heavy atom. The van der Waals surface area contributed by atoms with Gasteiger partial charge in [0.05, 0.1) is 11.1 Å². The maximum atomic E-state index is 12.7. The Kier molecular flexibility index (Phi) is 11.2. The van der Waals surface area contributed by atoms with Gasteiger partial charge >= 0.3 is 0 Å². The number of ether oxygens (including phenoxy) is 1. The van der Waals surface area contributed by atoms with Crippen molar-refractivity contribution in [1.29, 1.82) is 0 Å². The monoisotopic (exact) mass is 557 g/mol. The van der Waals surface area contributed by atoms with Crippen molar-refractivity contribution in [3.05, 3.63) is 70.7 Å². The highest BCUT2D eigenvalue weighted by molar-refractivity contribution is 9.09. The van der Waals surface area contributed by atoms with Crippen LogP contribution in [0, 0.1) is 0 Å². The molecular weight excluding hydrogens is 522 g/mol. The van der Waals surface area contributed by atoms with Crippen molar-refractivity contribution in [1.82, 2.24) is 5.01 Å². The number of fused-ring (bicyclic) bond motifs is 1. The van der Waals surface area contributed by atoms with E-state index in [1.54, 1.807) is 11.2 Å². The van der Waals surface area contributed by atoms with Crippen LogP contribution in [0.3, 0.4) is 0 Å². The molecule has 0 spiro atoms. The predicted molar refractivity (Wildman–Crippen MR) is 149 cm³/mol. The van der Waals surface area contributed by atoms with Gasteiger partial charge in [-0.2, -0.15) is 0 Å². The van der Waals surface area contributed by atoms with E-state index in [1.165, 1.54) is 56.7 Å². The van der Waals surface area contributed by atoms with Crippen molar-refractivity contribution in [2.24, 2.45) is 11.6 Å². The van der Waals surface area contributed by atoms with Gasteiger partial charge in [0.25, 0.3) is 0 Å². The van der Waals surface area contributed by atoms with Crippen LogP contribution < -0.4 is 21.7 Å². The number of phenolic OH excluding ortho intramolecular Hbond substituents is 1. The molecule has 1 heterocycles. The number of unbranched alkanes of at least 4 members (excludes halogenated alkanes) is 7. The fourth-order valence-corrected chi connectivity index (χ4v) is 4.38. The van der Waals surface area contributed by atoms with E-state index in [0.29, 0.717) is 23.4 Å². The molecule has 0 radical (unpaired) electrons. The summed E-state index contributed by atoms with van der Waals surface area (Å²) in [6, 6.07) is 13.6. The minimum Gasteiger partial charge on any atom is -0.504 e. The van der Waals surface area contributed by atoms with Crippen LogP contribution in [0.1, 0.15) is 51.4 Å². The average molecular weight is 559 g/mol. The third-order valence-corrected chi connectivity index (χ3v) is 6.46. The van der Waals surface area contributed by atoms with Gasteiger partial charge in [-0.05, 0) is 25.0 Å². The standard InChI is InChI=1S/C28H36BrN3O4/c29-16-10-5-3-1-2-4-6-11-17-32(31)19-22(30)20-35-28-24(33)15-14-23-25(34)18-26(36-27(23)28)21-12-8-7-9-13-21/h7-9,12-15,18-19,33H,1-6,10-11,16-17,20,30-31H2/b22-19-. The molecule has 0 amide bonds. The summed E-state index contributed by atoms with van der Waals surface area (Å²) in [5.74, 6) is 6.39. The first-order valence-electron chi connectivity index (χ1n) is 12.5. The zero-order valence-electron chi connectivity index (χ0n) is 20.6. The summed E-state index contributed by atoms with van der Waals surface area (Å²) < 4.78 is 11.8. The number of hydrogen-bond acceptors (Lipinski definition) is 7. The molecule has 194 valence electrons. The molecule has 0 saturated carbocycles. The minimum atomic E-state index is -0.226. The average Bonchev–Trinajstić information content (AvgIpc) is 2.87. The molecule has 0 unspecified atom stereocenters. The van der Waals surface area contributed by atoms with Crippen molar-refractivity contribution in [2.75, 3.05) is 18.5 Å². The molecule has 3 rings (SSSR count). The summed E-state index contributed by atoms with van der Waals surface area (Å²) in [5.41, 5.74) is 7.20. The lowest BCUT2D eigenvalue weighted by molar-refractivity contribution is 0.316. The highest BCUT2D eigenvalue weighted by Gasteiger charge is 2.16. The van der Waals surface area contributed by atoms with Crippen LogP contribution in [0.2, 0.25) is 0 Å². The van der Waals surface area contributed by atoms with Crippen LogP contribution in [0.4, 0.5) is 0 Å². The highest BCUT2D eigenvalue weighted by Crippen LogP contribution is 2.35. The molecule has 8 heteroatoms. The molecule has 0 fully saturated rings. The number of hydrazine groups is 1. The van der Waals surface area contributed by atoms with Crippen LogP contribution in [-0.2, 0) is 0 Å². The molecule has 0 aliphatic heterocycles. The number of nitrogens with zero attached hydrogens (tertiary/aromatic N) is 1. The van der Waals surface area contributed by atoms with E-state index in [1.807, 2.05) is 30.3 Å². The summed E-state index contributed by atoms with van der Waals surface area (Å²) in [5, 5.41) is 13.4. The number of rotatable bonds is 15. The molecule has 2 aromatic carbocycles. The number of nitrogens with two attached hydrogens (primary N) is 2. The number of benzene rings is 2. The maximum absolute atomic E-state index is 12.7. The van der Waals surface area contributed by atoms with Gasteiger partial charge in [0.2, 0.25) is 5.75 Å². The Labute approximate surface area is 220 Å². The Bertz CT molecular complexity index is 1180. The van der Waals surface area contributed by atoms with E-state index < -0.39 is 0 Å². The van der Waals surface area contributed by atoms with Crippen LogP contribution in [-0.4, -0.2) is 28.6 Å². The Hall–Kier alpha value is -2.97. The molecule has 5 N–H and O–H groups in total. The van der Waals surface area contributed by atoms with Crippen molar-refractivity contribution in [3.8, 4) is 22.8 Å². The lowest BCUT2D eigenvalue weighted by Gasteiger charge is -2.16. The molecular formula is C28H36BrN3O4. The van der Waals surface area contributed by atoms with Crippen molar-refractivity contribution in [2.45, 2.75) is 51.4 Å². The second-order valence-electron chi connectivity index (χ2n) is 8.88. The molecule has 1 aromatic heterocycles. The molecule has 7 nitrogen and oxygen atoms in total. The Morgan fingerprint density at radius 3 is 2.36 bits per heavy atom. The topological polar surface area (TPSA) is 115 Å². The maximum Gasteiger partial charge on any atom is 0.205 e. The molecule has 3 aromatic rings. The zero-order valence-corrected chi connectivity index (χ0v) is 22.2. The molecule has 0 aliphatic carbocycles. The summed E-state index contributed by atoms with van der Waals surface area (Å²) in [4.78, 5) is 12.7. The van der Waals surface area contributed by atoms with Gasteiger partial charge in [0, 0.05) is 29.7 Å². The van der Waals surface area contributed by atoms with Crippen LogP contribution in [0.15, 0.2) is 69.6 Å². The largest absolute Gasteiger partial charge is 0.504 e. The molecule has 0 saturated heterocycles. The zero-order chi connectivity index (χ0) is 25.8.